The Balaban J connectivity index is 1.43. The Morgan fingerprint density at radius 1 is 1.13 bits per heavy atom. The molecule has 38 heavy (non-hydrogen) atoms. The Hall–Kier alpha value is -4.80. The summed E-state index contributed by atoms with van der Waals surface area (Å²) in [4.78, 5) is 42.5. The van der Waals surface area contributed by atoms with Gasteiger partial charge in [-0.15, -0.1) is 0 Å². The number of carbonyl (C=O) groups excluding carboxylic acids is 2. The number of anilines is 4. The first-order chi connectivity index (χ1) is 18.3. The van der Waals surface area contributed by atoms with Crippen LogP contribution in [0.25, 0.3) is 5.69 Å². The molecule has 0 atom stereocenters. The number of hydrogen-bond donors (Lipinski definition) is 2. The molecule has 0 fully saturated rings. The molecule has 0 spiro atoms. The Kier molecular flexibility index (Phi) is 6.50. The maximum Gasteiger partial charge on any atom is 0.330 e. The topological polar surface area (TPSA) is 108 Å². The van der Waals surface area contributed by atoms with Gasteiger partial charge in [-0.1, -0.05) is 6.07 Å². The van der Waals surface area contributed by atoms with Crippen LogP contribution in [0.5, 0.6) is 0 Å². The minimum atomic E-state index is -0.706. The molecule has 2 aromatic heterocycles. The zero-order valence-electron chi connectivity index (χ0n) is 21.5. The van der Waals surface area contributed by atoms with Crippen molar-refractivity contribution in [1.29, 1.82) is 0 Å². The number of carbonyl (C=O) groups is 2. The lowest BCUT2D eigenvalue weighted by Gasteiger charge is -2.35. The SMILES string of the molecule is CNc1ncc2c(n1)N(C)C(=O)N(c1cc(NC(=O)c3cc(CF)cc(-n4cnc(C)c4)c3)ccc1C)C2. The van der Waals surface area contributed by atoms with Crippen LogP contribution in [0.1, 0.15) is 32.7 Å². The van der Waals surface area contributed by atoms with Crippen molar-refractivity contribution < 1.29 is 14.0 Å². The van der Waals surface area contributed by atoms with Crippen molar-refractivity contribution in [3.63, 3.8) is 0 Å². The lowest BCUT2D eigenvalue weighted by Crippen LogP contribution is -2.46. The van der Waals surface area contributed by atoms with Crippen molar-refractivity contribution in [2.24, 2.45) is 0 Å². The highest BCUT2D eigenvalue weighted by molar-refractivity contribution is 6.07. The molecule has 10 nitrogen and oxygen atoms in total. The number of halogens is 1. The maximum atomic E-state index is 13.6. The summed E-state index contributed by atoms with van der Waals surface area (Å²) in [6.07, 6.45) is 5.12. The molecule has 5 rings (SSSR count). The van der Waals surface area contributed by atoms with Crippen LogP contribution >= 0.6 is 0 Å². The summed E-state index contributed by atoms with van der Waals surface area (Å²) in [5.74, 6) is 0.582. The number of aryl methyl sites for hydroxylation is 2. The van der Waals surface area contributed by atoms with Crippen LogP contribution in [0.2, 0.25) is 0 Å². The van der Waals surface area contributed by atoms with Gasteiger partial charge < -0.3 is 15.2 Å². The average molecular weight is 515 g/mol. The molecule has 0 saturated carbocycles. The van der Waals surface area contributed by atoms with Gasteiger partial charge in [0.05, 0.1) is 24.3 Å². The predicted octanol–water partition coefficient (Wildman–Crippen LogP) is 4.62. The molecule has 2 N–H and O–H groups in total. The van der Waals surface area contributed by atoms with Gasteiger partial charge in [0.1, 0.15) is 12.5 Å². The Morgan fingerprint density at radius 3 is 2.66 bits per heavy atom. The first-order valence-corrected chi connectivity index (χ1v) is 12.0. The third-order valence-electron chi connectivity index (χ3n) is 6.39. The molecule has 0 unspecified atom stereocenters. The summed E-state index contributed by atoms with van der Waals surface area (Å²) in [5.41, 5.74) is 4.95. The van der Waals surface area contributed by atoms with Crippen LogP contribution < -0.4 is 20.4 Å². The average Bonchev–Trinajstić information content (AvgIpc) is 3.37. The number of fused-ring (bicyclic) bond motifs is 1. The van der Waals surface area contributed by atoms with Crippen molar-refractivity contribution >= 4 is 35.1 Å². The maximum absolute atomic E-state index is 13.6. The highest BCUT2D eigenvalue weighted by atomic mass is 19.1. The molecule has 0 bridgehead atoms. The summed E-state index contributed by atoms with van der Waals surface area (Å²) in [6, 6.07) is 10.0. The van der Waals surface area contributed by atoms with Gasteiger partial charge in [0, 0.05) is 49.0 Å². The molecule has 0 aliphatic carbocycles. The number of amides is 3. The van der Waals surface area contributed by atoms with Gasteiger partial charge in [0.15, 0.2) is 0 Å². The number of aromatic nitrogens is 4. The first kappa shape index (κ1) is 24.9. The van der Waals surface area contributed by atoms with Crippen LogP contribution in [0.3, 0.4) is 0 Å². The van der Waals surface area contributed by atoms with E-state index >= 15 is 0 Å². The smallest absolute Gasteiger partial charge is 0.330 e. The Bertz CT molecular complexity index is 1550. The molecule has 3 heterocycles. The largest absolute Gasteiger partial charge is 0.357 e. The number of rotatable bonds is 6. The van der Waals surface area contributed by atoms with E-state index in [1.807, 2.05) is 19.9 Å². The third kappa shape index (κ3) is 4.65. The molecule has 0 radical (unpaired) electrons. The second kappa shape index (κ2) is 9.92. The highest BCUT2D eigenvalue weighted by Gasteiger charge is 2.31. The third-order valence-corrected chi connectivity index (χ3v) is 6.39. The second-order valence-electron chi connectivity index (χ2n) is 9.12. The Labute approximate surface area is 219 Å². The molecule has 2 aromatic carbocycles. The van der Waals surface area contributed by atoms with Crippen LogP contribution in [-0.4, -0.2) is 45.6 Å². The van der Waals surface area contributed by atoms with Crippen molar-refractivity contribution in [2.45, 2.75) is 27.1 Å². The summed E-state index contributed by atoms with van der Waals surface area (Å²) in [5, 5.41) is 5.77. The van der Waals surface area contributed by atoms with Crippen molar-refractivity contribution in [1.82, 2.24) is 19.5 Å². The first-order valence-electron chi connectivity index (χ1n) is 12.0. The van der Waals surface area contributed by atoms with Crippen LogP contribution in [0, 0.1) is 13.8 Å². The fraction of sp³-hybridized carbons (Fsp3) is 0.222. The Morgan fingerprint density at radius 2 is 1.95 bits per heavy atom. The van der Waals surface area contributed by atoms with Gasteiger partial charge in [0.25, 0.3) is 5.91 Å². The quantitative estimate of drug-likeness (QED) is 0.389. The zero-order chi connectivity index (χ0) is 27.0. The summed E-state index contributed by atoms with van der Waals surface area (Å²) in [7, 11) is 3.38. The van der Waals surface area contributed by atoms with E-state index in [9.17, 15) is 14.0 Å². The van der Waals surface area contributed by atoms with Gasteiger partial charge in [-0.05, 0) is 55.3 Å². The molecular weight excluding hydrogens is 487 g/mol. The number of nitrogens with one attached hydrogen (secondary N) is 2. The number of urea groups is 1. The van der Waals surface area contributed by atoms with Crippen LogP contribution in [0.15, 0.2) is 55.1 Å². The zero-order valence-corrected chi connectivity index (χ0v) is 21.5. The van der Waals surface area contributed by atoms with Gasteiger partial charge in [-0.3, -0.25) is 14.6 Å². The van der Waals surface area contributed by atoms with Crippen LogP contribution in [0.4, 0.5) is 32.3 Å². The molecule has 1 aliphatic heterocycles. The van der Waals surface area contributed by atoms with Crippen LogP contribution in [-0.2, 0) is 13.2 Å². The van der Waals surface area contributed by atoms with Crippen molar-refractivity contribution in [3.05, 3.63) is 83.1 Å². The monoisotopic (exact) mass is 514 g/mol. The number of nitrogens with zero attached hydrogens (tertiary/aromatic N) is 6. The lowest BCUT2D eigenvalue weighted by molar-refractivity contribution is 0.102. The molecule has 1 aliphatic rings. The van der Waals surface area contributed by atoms with E-state index in [1.165, 1.54) is 11.0 Å². The van der Waals surface area contributed by atoms with Gasteiger partial charge in [0.2, 0.25) is 5.95 Å². The molecular formula is C27H27FN8O2. The molecule has 11 heteroatoms. The van der Waals surface area contributed by atoms with E-state index in [-0.39, 0.29) is 12.6 Å². The number of hydrogen-bond acceptors (Lipinski definition) is 6. The minimum Gasteiger partial charge on any atom is -0.357 e. The molecule has 0 saturated heterocycles. The van der Waals surface area contributed by atoms with Gasteiger partial charge in [-0.25, -0.2) is 19.2 Å². The highest BCUT2D eigenvalue weighted by Crippen LogP contribution is 2.33. The lowest BCUT2D eigenvalue weighted by atomic mass is 10.1. The van der Waals surface area contributed by atoms with E-state index < -0.39 is 12.6 Å². The standard InChI is InChI=1S/C27H27FN8O2/c1-16-5-6-21(10-23(16)36-14-20-12-30-26(29-3)33-24(20)34(4)27(36)38)32-25(37)19-7-18(11-28)8-22(9-19)35-13-17(2)31-15-35/h5-10,12-13,15H,11,14H2,1-4H3,(H,32,37)(H,29,30,33). The number of benzene rings is 2. The summed E-state index contributed by atoms with van der Waals surface area (Å²) in [6.45, 7) is 3.33. The van der Waals surface area contributed by atoms with Gasteiger partial charge in [-0.2, -0.15) is 4.98 Å². The number of imidazole rings is 1. The molecule has 3 amide bonds. The van der Waals surface area contributed by atoms with Crippen molar-refractivity contribution in [3.8, 4) is 5.69 Å². The number of alkyl halides is 1. The van der Waals surface area contributed by atoms with E-state index in [2.05, 4.69) is 25.6 Å². The fourth-order valence-electron chi connectivity index (χ4n) is 4.39. The van der Waals surface area contributed by atoms with Crippen molar-refractivity contribution in [2.75, 3.05) is 34.5 Å². The van der Waals surface area contributed by atoms with E-state index in [0.717, 1.165) is 16.8 Å². The second-order valence-corrected chi connectivity index (χ2v) is 9.12. The van der Waals surface area contributed by atoms with E-state index in [1.54, 1.807) is 66.5 Å². The van der Waals surface area contributed by atoms with Gasteiger partial charge >= 0.3 is 6.03 Å². The molecule has 194 valence electrons. The van der Waals surface area contributed by atoms with E-state index in [4.69, 9.17) is 0 Å². The normalized spacial score (nSPS) is 12.9. The molecule has 4 aromatic rings. The predicted molar refractivity (Wildman–Crippen MR) is 144 cm³/mol. The fourth-order valence-corrected chi connectivity index (χ4v) is 4.39. The summed E-state index contributed by atoms with van der Waals surface area (Å²) >= 11 is 0. The van der Waals surface area contributed by atoms with E-state index in [0.29, 0.717) is 40.0 Å². The minimum absolute atomic E-state index is 0.249. The summed E-state index contributed by atoms with van der Waals surface area (Å²) < 4.78 is 15.4.